The molecule has 0 bridgehead atoms. The second-order valence-corrected chi connectivity index (χ2v) is 6.19. The van der Waals surface area contributed by atoms with Crippen LogP contribution in [0.2, 0.25) is 0 Å². The quantitative estimate of drug-likeness (QED) is 0.686. The molecule has 3 nitrogen and oxygen atoms in total. The second-order valence-electron chi connectivity index (χ2n) is 6.19. The molecule has 0 radical (unpaired) electrons. The number of hydrogen-bond acceptors (Lipinski definition) is 3. The van der Waals surface area contributed by atoms with Crippen LogP contribution in [0, 0.1) is 0 Å². The number of rotatable bonds is 8. The zero-order valence-corrected chi connectivity index (χ0v) is 12.6. The van der Waals surface area contributed by atoms with E-state index in [-0.39, 0.29) is 5.60 Å². The van der Waals surface area contributed by atoms with E-state index in [1.807, 2.05) is 0 Å². The first-order valence-electron chi connectivity index (χ1n) is 8.31. The molecule has 0 aromatic heterocycles. The highest BCUT2D eigenvalue weighted by Crippen LogP contribution is 2.41. The van der Waals surface area contributed by atoms with Crippen LogP contribution < -0.4 is 5.32 Å². The molecule has 0 amide bonds. The van der Waals surface area contributed by atoms with Crippen LogP contribution in [0.5, 0.6) is 0 Å². The molecule has 1 saturated carbocycles. The van der Waals surface area contributed by atoms with Crippen LogP contribution in [-0.2, 0) is 9.47 Å². The Kier molecular flexibility index (Phi) is 6.62. The van der Waals surface area contributed by atoms with Crippen LogP contribution in [-0.4, -0.2) is 38.0 Å². The molecule has 2 rings (SSSR count). The van der Waals surface area contributed by atoms with Crippen LogP contribution >= 0.6 is 0 Å². The molecule has 1 saturated heterocycles. The maximum Gasteiger partial charge on any atom is 0.0708 e. The normalized spacial score (nSPS) is 26.1. The Morgan fingerprint density at radius 1 is 1.16 bits per heavy atom. The predicted molar refractivity (Wildman–Crippen MR) is 78.5 cm³/mol. The van der Waals surface area contributed by atoms with Crippen molar-refractivity contribution in [2.24, 2.45) is 0 Å². The molecule has 0 aromatic carbocycles. The first-order valence-corrected chi connectivity index (χ1v) is 8.31. The van der Waals surface area contributed by atoms with E-state index < -0.39 is 0 Å². The molecule has 0 aromatic rings. The van der Waals surface area contributed by atoms with Crippen LogP contribution in [0.1, 0.15) is 64.7 Å². The molecule has 2 aliphatic rings. The summed E-state index contributed by atoms with van der Waals surface area (Å²) >= 11 is 0. The molecule has 1 spiro atoms. The summed E-state index contributed by atoms with van der Waals surface area (Å²) in [5.74, 6) is 0. The molecule has 112 valence electrons. The summed E-state index contributed by atoms with van der Waals surface area (Å²) in [6.07, 6.45) is 12.1. The third-order valence-electron chi connectivity index (χ3n) is 4.54. The van der Waals surface area contributed by atoms with Crippen molar-refractivity contribution in [3.8, 4) is 0 Å². The average Bonchev–Trinajstić information content (AvgIpc) is 2.81. The van der Waals surface area contributed by atoms with Crippen molar-refractivity contribution in [1.29, 1.82) is 0 Å². The summed E-state index contributed by atoms with van der Waals surface area (Å²) in [6, 6.07) is 0. The van der Waals surface area contributed by atoms with Crippen molar-refractivity contribution in [1.82, 2.24) is 5.32 Å². The van der Waals surface area contributed by atoms with Gasteiger partial charge in [-0.25, -0.2) is 0 Å². The number of ether oxygens (including phenoxy) is 2. The number of nitrogens with one attached hydrogen (secondary N) is 1. The van der Waals surface area contributed by atoms with Crippen molar-refractivity contribution >= 4 is 0 Å². The minimum Gasteiger partial charge on any atom is -0.380 e. The summed E-state index contributed by atoms with van der Waals surface area (Å²) in [5.41, 5.74) is 0.266. The van der Waals surface area contributed by atoms with Crippen LogP contribution in [0.4, 0.5) is 0 Å². The third kappa shape index (κ3) is 5.05. The fourth-order valence-electron chi connectivity index (χ4n) is 3.36. The highest BCUT2D eigenvalue weighted by Gasteiger charge is 2.40. The van der Waals surface area contributed by atoms with Gasteiger partial charge >= 0.3 is 0 Å². The topological polar surface area (TPSA) is 30.5 Å². The summed E-state index contributed by atoms with van der Waals surface area (Å²) < 4.78 is 11.9. The molecule has 1 aliphatic heterocycles. The van der Waals surface area contributed by atoms with E-state index in [1.54, 1.807) is 0 Å². The molecule has 1 unspecified atom stereocenters. The van der Waals surface area contributed by atoms with Gasteiger partial charge in [0.2, 0.25) is 0 Å². The predicted octanol–water partition coefficient (Wildman–Crippen LogP) is 3.27. The Hall–Kier alpha value is -0.120. The standard InChI is InChI=1S/C16H31NO2/c1-2-3-12-18-13-11-17-14-15-7-10-16(19-15)8-5-4-6-9-16/h15,17H,2-14H2,1H3. The summed E-state index contributed by atoms with van der Waals surface area (Å²) in [4.78, 5) is 0. The third-order valence-corrected chi connectivity index (χ3v) is 4.54. The Balaban J connectivity index is 1.51. The van der Waals surface area contributed by atoms with E-state index >= 15 is 0 Å². The van der Waals surface area contributed by atoms with Crippen LogP contribution in [0.15, 0.2) is 0 Å². The monoisotopic (exact) mass is 269 g/mol. The van der Waals surface area contributed by atoms with Crippen LogP contribution in [0.3, 0.4) is 0 Å². The lowest BCUT2D eigenvalue weighted by atomic mass is 9.83. The van der Waals surface area contributed by atoms with Gasteiger partial charge < -0.3 is 14.8 Å². The maximum atomic E-state index is 6.33. The van der Waals surface area contributed by atoms with E-state index in [2.05, 4.69) is 12.2 Å². The first-order chi connectivity index (χ1) is 9.35. The molecule has 1 heterocycles. The van der Waals surface area contributed by atoms with Crippen molar-refractivity contribution < 1.29 is 9.47 Å². The van der Waals surface area contributed by atoms with Gasteiger partial charge in [-0.3, -0.25) is 0 Å². The van der Waals surface area contributed by atoms with Gasteiger partial charge in [0.25, 0.3) is 0 Å². The molecule has 1 atom stereocenters. The van der Waals surface area contributed by atoms with Gasteiger partial charge in [0.15, 0.2) is 0 Å². The summed E-state index contributed by atoms with van der Waals surface area (Å²) in [6.45, 7) is 5.88. The average molecular weight is 269 g/mol. The van der Waals surface area contributed by atoms with Gasteiger partial charge in [-0.15, -0.1) is 0 Å². The molecule has 1 aliphatic carbocycles. The zero-order valence-electron chi connectivity index (χ0n) is 12.6. The van der Waals surface area contributed by atoms with Crippen molar-refractivity contribution in [3.05, 3.63) is 0 Å². The van der Waals surface area contributed by atoms with Gasteiger partial charge in [-0.1, -0.05) is 32.6 Å². The minimum absolute atomic E-state index is 0.266. The second kappa shape index (κ2) is 8.23. The zero-order chi connectivity index (χ0) is 13.4. The first kappa shape index (κ1) is 15.3. The van der Waals surface area contributed by atoms with E-state index in [0.717, 1.165) is 26.3 Å². The summed E-state index contributed by atoms with van der Waals surface area (Å²) in [7, 11) is 0. The van der Waals surface area contributed by atoms with Crippen LogP contribution in [0.25, 0.3) is 0 Å². The molecule has 3 heteroatoms. The highest BCUT2D eigenvalue weighted by atomic mass is 16.5. The van der Waals surface area contributed by atoms with Crippen molar-refractivity contribution in [2.75, 3.05) is 26.3 Å². The fraction of sp³-hybridized carbons (Fsp3) is 1.00. The van der Waals surface area contributed by atoms with Gasteiger partial charge in [0.05, 0.1) is 18.3 Å². The lowest BCUT2D eigenvalue weighted by molar-refractivity contribution is -0.0625. The number of hydrogen-bond donors (Lipinski definition) is 1. The smallest absolute Gasteiger partial charge is 0.0708 e. The van der Waals surface area contributed by atoms with E-state index in [4.69, 9.17) is 9.47 Å². The summed E-state index contributed by atoms with van der Waals surface area (Å²) in [5, 5.41) is 3.48. The molecular weight excluding hydrogens is 238 g/mol. The van der Waals surface area contributed by atoms with E-state index in [1.165, 1.54) is 57.8 Å². The molecule has 2 fully saturated rings. The lowest BCUT2D eigenvalue weighted by Gasteiger charge is -2.33. The molecule has 19 heavy (non-hydrogen) atoms. The highest BCUT2D eigenvalue weighted by molar-refractivity contribution is 4.91. The van der Waals surface area contributed by atoms with E-state index in [0.29, 0.717) is 6.10 Å². The van der Waals surface area contributed by atoms with Crippen molar-refractivity contribution in [3.63, 3.8) is 0 Å². The van der Waals surface area contributed by atoms with Gasteiger partial charge in [-0.05, 0) is 32.1 Å². The van der Waals surface area contributed by atoms with Gasteiger partial charge in [0.1, 0.15) is 0 Å². The Labute approximate surface area is 118 Å². The Bertz CT molecular complexity index is 239. The maximum absolute atomic E-state index is 6.33. The van der Waals surface area contributed by atoms with Gasteiger partial charge in [-0.2, -0.15) is 0 Å². The SMILES string of the molecule is CCCCOCCNCC1CCC2(CCCCC2)O1. The largest absolute Gasteiger partial charge is 0.380 e. The lowest BCUT2D eigenvalue weighted by Crippen LogP contribution is -2.35. The minimum atomic E-state index is 0.266. The molecule has 1 N–H and O–H groups in total. The Morgan fingerprint density at radius 2 is 2.00 bits per heavy atom. The Morgan fingerprint density at radius 3 is 2.79 bits per heavy atom. The van der Waals surface area contributed by atoms with E-state index in [9.17, 15) is 0 Å². The molecular formula is C16H31NO2. The fourth-order valence-corrected chi connectivity index (χ4v) is 3.36. The number of unbranched alkanes of at least 4 members (excludes halogenated alkanes) is 1. The van der Waals surface area contributed by atoms with Crippen molar-refractivity contribution in [2.45, 2.75) is 76.4 Å². The van der Waals surface area contributed by atoms with Gasteiger partial charge in [0, 0.05) is 19.7 Å².